The zero-order chi connectivity index (χ0) is 27.0. The van der Waals surface area contributed by atoms with Gasteiger partial charge >= 0.3 is 5.69 Å². The maximum atomic E-state index is 13.6. The predicted octanol–water partition coefficient (Wildman–Crippen LogP) is 3.90. The molecule has 1 aliphatic rings. The normalized spacial score (nSPS) is 14.1. The van der Waals surface area contributed by atoms with Gasteiger partial charge in [-0.3, -0.25) is 19.8 Å². The van der Waals surface area contributed by atoms with Gasteiger partial charge < -0.3 is 9.47 Å². The van der Waals surface area contributed by atoms with E-state index >= 15 is 0 Å². The van der Waals surface area contributed by atoms with Crippen molar-refractivity contribution >= 4 is 22.4 Å². The Bertz CT molecular complexity index is 1580. The van der Waals surface area contributed by atoms with Crippen LogP contribution in [-0.2, 0) is 7.05 Å². The number of benzene rings is 2. The van der Waals surface area contributed by atoms with E-state index in [4.69, 9.17) is 0 Å². The maximum absolute atomic E-state index is 13.6. The molecule has 0 saturated carbocycles. The summed E-state index contributed by atoms with van der Waals surface area (Å²) in [5, 5.41) is 20.9. The molecule has 0 atom stereocenters. The zero-order valence-electron chi connectivity index (χ0n) is 20.3. The highest BCUT2D eigenvalue weighted by atomic mass is 19.1. The number of pyridine rings is 2. The summed E-state index contributed by atoms with van der Waals surface area (Å²) in [6, 6.07) is 16.6. The first-order valence-electron chi connectivity index (χ1n) is 11.9. The Hall–Kier alpha value is -4.69. The minimum Gasteiger partial charge on any atom is -0.367 e. The van der Waals surface area contributed by atoms with Crippen LogP contribution < -0.4 is 10.5 Å². The Balaban J connectivity index is 1.49. The van der Waals surface area contributed by atoms with E-state index in [0.717, 1.165) is 11.1 Å². The third-order valence-corrected chi connectivity index (χ3v) is 6.87. The lowest BCUT2D eigenvalue weighted by Gasteiger charge is -2.40. The van der Waals surface area contributed by atoms with Crippen molar-refractivity contribution < 1.29 is 13.7 Å². The standard InChI is InChI=1S/C27H22F2N6O3/c1-32-23-14-22(35(37)38)21(16-30)31-26(23)24(15-25(32)36)33-10-12-34(13-11-33)27(17-2-6-19(28)7-3-17)18-4-8-20(29)9-5-18/h2-9,14-15,27H,10-13H2,1H3. The van der Waals surface area contributed by atoms with Gasteiger partial charge in [0.25, 0.3) is 5.56 Å². The van der Waals surface area contributed by atoms with Crippen molar-refractivity contribution in [2.24, 2.45) is 7.05 Å². The molecule has 3 heterocycles. The SMILES string of the molecule is Cn1c(=O)cc(N2CCN(C(c3ccc(F)cc3)c3ccc(F)cc3)CC2)c2nc(C#N)c([N+](=O)[O-])cc21. The van der Waals surface area contributed by atoms with Crippen molar-refractivity contribution in [1.82, 2.24) is 14.5 Å². The van der Waals surface area contributed by atoms with Crippen LogP contribution in [0.3, 0.4) is 0 Å². The highest BCUT2D eigenvalue weighted by Gasteiger charge is 2.29. The molecule has 0 spiro atoms. The lowest BCUT2D eigenvalue weighted by molar-refractivity contribution is -0.385. The fraction of sp³-hybridized carbons (Fsp3) is 0.222. The lowest BCUT2D eigenvalue weighted by atomic mass is 9.96. The van der Waals surface area contributed by atoms with E-state index in [9.17, 15) is 29.0 Å². The minimum absolute atomic E-state index is 0.246. The number of rotatable bonds is 5. The van der Waals surface area contributed by atoms with E-state index in [1.807, 2.05) is 4.90 Å². The monoisotopic (exact) mass is 516 g/mol. The number of piperazine rings is 1. The Morgan fingerprint density at radius 3 is 2.03 bits per heavy atom. The van der Waals surface area contributed by atoms with Crippen LogP contribution in [0.15, 0.2) is 65.5 Å². The number of aromatic nitrogens is 2. The Morgan fingerprint density at radius 2 is 1.53 bits per heavy atom. The van der Waals surface area contributed by atoms with Crippen molar-refractivity contribution in [2.45, 2.75) is 6.04 Å². The number of fused-ring (bicyclic) bond motifs is 1. The van der Waals surface area contributed by atoms with Crippen molar-refractivity contribution in [3.63, 3.8) is 0 Å². The van der Waals surface area contributed by atoms with Gasteiger partial charge in [0.05, 0.1) is 22.2 Å². The van der Waals surface area contributed by atoms with Crippen molar-refractivity contribution in [1.29, 1.82) is 5.26 Å². The van der Waals surface area contributed by atoms with Crippen LogP contribution in [0.1, 0.15) is 22.9 Å². The van der Waals surface area contributed by atoms with Crippen LogP contribution in [0.2, 0.25) is 0 Å². The molecule has 0 unspecified atom stereocenters. The number of hydrogen-bond donors (Lipinski definition) is 0. The number of hydrogen-bond acceptors (Lipinski definition) is 7. The number of nitro groups is 1. The number of halogens is 2. The number of aryl methyl sites for hydroxylation is 1. The summed E-state index contributed by atoms with van der Waals surface area (Å²) < 4.78 is 28.5. The molecular formula is C27H22F2N6O3. The molecule has 1 fully saturated rings. The zero-order valence-corrected chi connectivity index (χ0v) is 20.3. The third-order valence-electron chi connectivity index (χ3n) is 6.87. The van der Waals surface area contributed by atoms with Crippen molar-refractivity contribution in [3.05, 3.63) is 110 Å². The van der Waals surface area contributed by atoms with Crippen molar-refractivity contribution in [3.8, 4) is 6.07 Å². The highest BCUT2D eigenvalue weighted by molar-refractivity contribution is 5.90. The first-order chi connectivity index (χ1) is 18.3. The second-order valence-corrected chi connectivity index (χ2v) is 9.05. The fourth-order valence-electron chi connectivity index (χ4n) is 4.93. The molecule has 2 aromatic carbocycles. The second kappa shape index (κ2) is 9.99. The molecule has 2 aromatic heterocycles. The average molecular weight is 517 g/mol. The maximum Gasteiger partial charge on any atom is 0.307 e. The summed E-state index contributed by atoms with van der Waals surface area (Å²) in [6.45, 7) is 2.08. The summed E-state index contributed by atoms with van der Waals surface area (Å²) >= 11 is 0. The van der Waals surface area contributed by atoms with Gasteiger partial charge in [-0.2, -0.15) is 5.26 Å². The molecule has 0 N–H and O–H groups in total. The molecular weight excluding hydrogens is 494 g/mol. The van der Waals surface area contributed by atoms with Crippen LogP contribution >= 0.6 is 0 Å². The van der Waals surface area contributed by atoms with Gasteiger partial charge in [0.2, 0.25) is 5.69 Å². The molecule has 9 nitrogen and oxygen atoms in total. The Kier molecular flexibility index (Phi) is 6.57. The lowest BCUT2D eigenvalue weighted by Crippen LogP contribution is -2.48. The molecule has 0 bridgehead atoms. The van der Waals surface area contributed by atoms with Gasteiger partial charge in [-0.25, -0.2) is 13.8 Å². The van der Waals surface area contributed by atoms with Gasteiger partial charge in [-0.15, -0.1) is 0 Å². The summed E-state index contributed by atoms with van der Waals surface area (Å²) in [7, 11) is 1.50. The third kappa shape index (κ3) is 4.57. The van der Waals surface area contributed by atoms with Crippen LogP contribution in [0, 0.1) is 33.1 Å². The highest BCUT2D eigenvalue weighted by Crippen LogP contribution is 2.33. The largest absolute Gasteiger partial charge is 0.367 e. The minimum atomic E-state index is -0.689. The average Bonchev–Trinajstić information content (AvgIpc) is 2.92. The van der Waals surface area contributed by atoms with Crippen LogP contribution in [0.25, 0.3) is 11.0 Å². The van der Waals surface area contributed by atoms with E-state index < -0.39 is 10.6 Å². The van der Waals surface area contributed by atoms with Crippen molar-refractivity contribution in [2.75, 3.05) is 31.1 Å². The number of nitrogens with zero attached hydrogens (tertiary/aromatic N) is 6. The first-order valence-corrected chi connectivity index (χ1v) is 11.9. The summed E-state index contributed by atoms with van der Waals surface area (Å²) in [4.78, 5) is 31.9. The molecule has 11 heteroatoms. The Morgan fingerprint density at radius 1 is 0.974 bits per heavy atom. The van der Waals surface area contributed by atoms with Gasteiger partial charge in [0, 0.05) is 45.4 Å². The molecule has 5 rings (SSSR count). The number of anilines is 1. The molecule has 0 aliphatic carbocycles. The van der Waals surface area contributed by atoms with E-state index in [1.54, 1.807) is 30.3 Å². The van der Waals surface area contributed by atoms with E-state index in [2.05, 4.69) is 9.88 Å². The summed E-state index contributed by atoms with van der Waals surface area (Å²) in [6.07, 6.45) is 0. The summed E-state index contributed by atoms with van der Waals surface area (Å²) in [5.74, 6) is -0.697. The van der Waals surface area contributed by atoms with Crippen LogP contribution in [0.5, 0.6) is 0 Å². The van der Waals surface area contributed by atoms with E-state index in [-0.39, 0.29) is 34.4 Å². The van der Waals surface area contributed by atoms with Gasteiger partial charge in [0.15, 0.2) is 0 Å². The fourth-order valence-corrected chi connectivity index (χ4v) is 4.93. The van der Waals surface area contributed by atoms with E-state index in [1.165, 1.54) is 48.0 Å². The van der Waals surface area contributed by atoms with Gasteiger partial charge in [-0.05, 0) is 35.4 Å². The molecule has 1 saturated heterocycles. The molecule has 0 radical (unpaired) electrons. The molecule has 1 aliphatic heterocycles. The molecule has 192 valence electrons. The van der Waals surface area contributed by atoms with Gasteiger partial charge in [-0.1, -0.05) is 24.3 Å². The van der Waals surface area contributed by atoms with Crippen LogP contribution in [0.4, 0.5) is 20.2 Å². The molecule has 38 heavy (non-hydrogen) atoms. The smallest absolute Gasteiger partial charge is 0.307 e. The quantitative estimate of drug-likeness (QED) is 0.292. The predicted molar refractivity (Wildman–Crippen MR) is 137 cm³/mol. The van der Waals surface area contributed by atoms with Crippen LogP contribution in [-0.4, -0.2) is 45.6 Å². The van der Waals surface area contributed by atoms with Gasteiger partial charge in [0.1, 0.15) is 23.2 Å². The molecule has 4 aromatic rings. The Labute approximate surface area is 215 Å². The topological polar surface area (TPSA) is 108 Å². The number of nitriles is 1. The van der Waals surface area contributed by atoms with E-state index in [0.29, 0.717) is 37.4 Å². The summed E-state index contributed by atoms with van der Waals surface area (Å²) in [5.41, 5.74) is 1.66. The molecule has 0 amide bonds. The second-order valence-electron chi connectivity index (χ2n) is 9.05. The first kappa shape index (κ1) is 25.0.